The minimum Gasteiger partial charge on any atom is -0.495 e. The molecule has 4 amide bonds. The normalized spacial score (nSPS) is 14.1. The first-order chi connectivity index (χ1) is 17.3. The van der Waals surface area contributed by atoms with Crippen LogP contribution < -0.4 is 20.1 Å². The average Bonchev–Trinajstić information content (AvgIpc) is 3.12. The Labute approximate surface area is 221 Å². The van der Waals surface area contributed by atoms with E-state index in [0.29, 0.717) is 38.9 Å². The second kappa shape index (κ2) is 11.3. The Morgan fingerprint density at radius 3 is 2.56 bits per heavy atom. The van der Waals surface area contributed by atoms with Crippen LogP contribution in [0.1, 0.15) is 11.1 Å². The summed E-state index contributed by atoms with van der Waals surface area (Å²) in [5.74, 6) is -0.0538. The second-order valence-corrected chi connectivity index (χ2v) is 9.02. The zero-order valence-corrected chi connectivity index (χ0v) is 21.4. The number of methoxy groups -OCH3 is 1. The third-order valence-corrected chi connectivity index (χ3v) is 6.09. The number of carbonyl (C=O) groups excluding carboxylic acids is 3. The monoisotopic (exact) mass is 569 g/mol. The lowest BCUT2D eigenvalue weighted by molar-refractivity contribution is -0.127. The van der Waals surface area contributed by atoms with Gasteiger partial charge in [-0.15, -0.1) is 0 Å². The summed E-state index contributed by atoms with van der Waals surface area (Å²) in [6.45, 7) is -0.0855. The largest absolute Gasteiger partial charge is 0.495 e. The van der Waals surface area contributed by atoms with Gasteiger partial charge in [0, 0.05) is 5.02 Å². The van der Waals surface area contributed by atoms with Gasteiger partial charge in [0.15, 0.2) is 0 Å². The molecular weight excluding hydrogens is 550 g/mol. The number of benzene rings is 3. The Kier molecular flexibility index (Phi) is 7.92. The van der Waals surface area contributed by atoms with Crippen molar-refractivity contribution in [3.8, 4) is 11.5 Å². The van der Waals surface area contributed by atoms with E-state index in [1.165, 1.54) is 13.2 Å². The number of hydrogen-bond acceptors (Lipinski definition) is 5. The van der Waals surface area contributed by atoms with Crippen LogP contribution >= 0.6 is 27.5 Å². The summed E-state index contributed by atoms with van der Waals surface area (Å²) >= 11 is 9.38. The van der Waals surface area contributed by atoms with Crippen LogP contribution in [-0.2, 0) is 16.2 Å². The highest BCUT2D eigenvalue weighted by atomic mass is 79.9. The molecule has 2 N–H and O–H groups in total. The number of anilines is 1. The first-order valence-corrected chi connectivity index (χ1v) is 12.0. The summed E-state index contributed by atoms with van der Waals surface area (Å²) in [4.78, 5) is 38.5. The van der Waals surface area contributed by atoms with Gasteiger partial charge in [-0.1, -0.05) is 41.9 Å². The summed E-state index contributed by atoms with van der Waals surface area (Å²) in [6.07, 6.45) is 1.53. The van der Waals surface area contributed by atoms with E-state index in [1.54, 1.807) is 54.6 Å². The van der Waals surface area contributed by atoms with Crippen molar-refractivity contribution < 1.29 is 23.9 Å². The standard InChI is InChI=1S/C26H21BrClN3O5/c1-35-23-5-3-2-4-20(23)29-24(32)14-31-25(33)21(30-26(31)34)13-17-8-11-22(19(27)12-17)36-15-16-6-9-18(28)10-7-16/h2-13H,14-15H2,1H3,(H,29,32)(H,30,34)/b21-13+. The van der Waals surface area contributed by atoms with Gasteiger partial charge in [0.05, 0.1) is 17.3 Å². The van der Waals surface area contributed by atoms with E-state index in [4.69, 9.17) is 21.1 Å². The molecule has 1 saturated heterocycles. The van der Waals surface area contributed by atoms with Crippen molar-refractivity contribution in [3.05, 3.63) is 93.0 Å². The number of nitrogens with one attached hydrogen (secondary N) is 2. The topological polar surface area (TPSA) is 97.0 Å². The quantitative estimate of drug-likeness (QED) is 0.286. The molecule has 0 aliphatic carbocycles. The molecule has 1 fully saturated rings. The van der Waals surface area contributed by atoms with E-state index in [0.717, 1.165) is 10.5 Å². The van der Waals surface area contributed by atoms with Crippen LogP contribution in [0.15, 0.2) is 76.9 Å². The van der Waals surface area contributed by atoms with Gasteiger partial charge in [-0.3, -0.25) is 9.59 Å². The van der Waals surface area contributed by atoms with Gasteiger partial charge >= 0.3 is 6.03 Å². The van der Waals surface area contributed by atoms with Crippen molar-refractivity contribution in [1.82, 2.24) is 10.2 Å². The molecule has 0 radical (unpaired) electrons. The molecule has 1 aliphatic rings. The zero-order valence-electron chi connectivity index (χ0n) is 19.1. The van der Waals surface area contributed by atoms with Gasteiger partial charge in [0.1, 0.15) is 30.3 Å². The molecule has 0 bridgehead atoms. The van der Waals surface area contributed by atoms with Gasteiger partial charge < -0.3 is 20.1 Å². The fourth-order valence-electron chi connectivity index (χ4n) is 3.43. The minimum absolute atomic E-state index is 0.0619. The fourth-order valence-corrected chi connectivity index (χ4v) is 4.07. The van der Waals surface area contributed by atoms with Crippen LogP contribution in [0.5, 0.6) is 11.5 Å². The molecule has 36 heavy (non-hydrogen) atoms. The maximum atomic E-state index is 12.8. The highest BCUT2D eigenvalue weighted by molar-refractivity contribution is 9.10. The van der Waals surface area contributed by atoms with Crippen LogP contribution in [0.3, 0.4) is 0 Å². The predicted molar refractivity (Wildman–Crippen MR) is 140 cm³/mol. The summed E-state index contributed by atoms with van der Waals surface area (Å²) in [5, 5.41) is 5.82. The summed E-state index contributed by atoms with van der Waals surface area (Å²) in [7, 11) is 1.48. The van der Waals surface area contributed by atoms with E-state index in [-0.39, 0.29) is 5.70 Å². The smallest absolute Gasteiger partial charge is 0.329 e. The average molecular weight is 571 g/mol. The molecule has 0 atom stereocenters. The first-order valence-electron chi connectivity index (χ1n) is 10.8. The Bertz CT molecular complexity index is 1340. The van der Waals surface area contributed by atoms with Crippen LogP contribution in [0.25, 0.3) is 6.08 Å². The molecule has 3 aromatic rings. The number of urea groups is 1. The lowest BCUT2D eigenvalue weighted by Crippen LogP contribution is -2.38. The number of para-hydroxylation sites is 2. The molecular formula is C26H21BrClN3O5. The van der Waals surface area contributed by atoms with Crippen LogP contribution in [0, 0.1) is 0 Å². The zero-order chi connectivity index (χ0) is 25.7. The third kappa shape index (κ3) is 6.05. The predicted octanol–water partition coefficient (Wildman–Crippen LogP) is 5.22. The molecule has 0 spiro atoms. The van der Waals surface area contributed by atoms with E-state index < -0.39 is 24.4 Å². The van der Waals surface area contributed by atoms with Crippen molar-refractivity contribution in [2.24, 2.45) is 0 Å². The molecule has 184 valence electrons. The Morgan fingerprint density at radius 1 is 1.08 bits per heavy atom. The highest BCUT2D eigenvalue weighted by Crippen LogP contribution is 2.28. The maximum absolute atomic E-state index is 12.8. The number of ether oxygens (including phenoxy) is 2. The first kappa shape index (κ1) is 25.3. The molecule has 1 aliphatic heterocycles. The molecule has 8 nitrogen and oxygen atoms in total. The van der Waals surface area contributed by atoms with Crippen molar-refractivity contribution in [1.29, 1.82) is 0 Å². The number of halogens is 2. The highest BCUT2D eigenvalue weighted by Gasteiger charge is 2.35. The molecule has 0 unspecified atom stereocenters. The number of imide groups is 1. The molecule has 4 rings (SSSR count). The maximum Gasteiger partial charge on any atom is 0.329 e. The van der Waals surface area contributed by atoms with Crippen molar-refractivity contribution in [2.45, 2.75) is 6.61 Å². The SMILES string of the molecule is COc1ccccc1NC(=O)CN1C(=O)N/C(=C/c2ccc(OCc3ccc(Cl)cc3)c(Br)c2)C1=O. The van der Waals surface area contributed by atoms with Gasteiger partial charge in [0.25, 0.3) is 5.91 Å². The third-order valence-electron chi connectivity index (χ3n) is 5.22. The molecule has 3 aromatic carbocycles. The van der Waals surface area contributed by atoms with Crippen molar-refractivity contribution in [3.63, 3.8) is 0 Å². The van der Waals surface area contributed by atoms with E-state index in [2.05, 4.69) is 26.6 Å². The summed E-state index contributed by atoms with van der Waals surface area (Å²) in [6, 6.07) is 18.8. The fraction of sp³-hybridized carbons (Fsp3) is 0.115. The Balaban J connectivity index is 1.40. The number of carbonyl (C=O) groups is 3. The number of nitrogens with zero attached hydrogens (tertiary/aromatic N) is 1. The summed E-state index contributed by atoms with van der Waals surface area (Å²) in [5.41, 5.74) is 2.12. The van der Waals surface area contributed by atoms with Crippen LogP contribution in [0.4, 0.5) is 10.5 Å². The van der Waals surface area contributed by atoms with Gasteiger partial charge in [-0.25, -0.2) is 9.69 Å². The lowest BCUT2D eigenvalue weighted by atomic mass is 10.2. The van der Waals surface area contributed by atoms with E-state index in [9.17, 15) is 14.4 Å². The number of amides is 4. The molecule has 0 saturated carbocycles. The van der Waals surface area contributed by atoms with Crippen molar-refractivity contribution >= 4 is 57.1 Å². The van der Waals surface area contributed by atoms with Crippen molar-refractivity contribution in [2.75, 3.05) is 19.0 Å². The van der Waals surface area contributed by atoms with Crippen LogP contribution in [0.2, 0.25) is 5.02 Å². The van der Waals surface area contributed by atoms with Gasteiger partial charge in [-0.2, -0.15) is 0 Å². The molecule has 10 heteroatoms. The van der Waals surface area contributed by atoms with Gasteiger partial charge in [-0.05, 0) is 69.5 Å². The molecule has 0 aromatic heterocycles. The summed E-state index contributed by atoms with van der Waals surface area (Å²) < 4.78 is 11.7. The molecule has 1 heterocycles. The Morgan fingerprint density at radius 2 is 1.83 bits per heavy atom. The Hall–Kier alpha value is -3.82. The number of hydrogen-bond donors (Lipinski definition) is 2. The number of rotatable bonds is 8. The van der Waals surface area contributed by atoms with Crippen LogP contribution in [-0.4, -0.2) is 36.4 Å². The van der Waals surface area contributed by atoms with E-state index >= 15 is 0 Å². The van der Waals surface area contributed by atoms with E-state index in [1.807, 2.05) is 12.1 Å². The second-order valence-electron chi connectivity index (χ2n) is 7.73. The lowest BCUT2D eigenvalue weighted by Gasteiger charge is -2.13. The van der Waals surface area contributed by atoms with Gasteiger partial charge in [0.2, 0.25) is 5.91 Å². The minimum atomic E-state index is -0.677.